The Labute approximate surface area is 224 Å². The average molecular weight is 534 g/mol. The third kappa shape index (κ3) is 4.18. The summed E-state index contributed by atoms with van der Waals surface area (Å²) in [5.74, 6) is -1.77. The Morgan fingerprint density at radius 2 is 1.68 bits per heavy atom. The summed E-state index contributed by atoms with van der Waals surface area (Å²) in [5.41, 5.74) is 3.14. The summed E-state index contributed by atoms with van der Waals surface area (Å²) in [7, 11) is 0. The number of amides is 2. The Bertz CT molecular complexity index is 1580. The largest absolute Gasteiger partial charge is 0.314 e. The molecule has 0 aliphatic carbocycles. The van der Waals surface area contributed by atoms with Crippen molar-refractivity contribution < 1.29 is 18.8 Å². The van der Waals surface area contributed by atoms with Crippen LogP contribution in [0.3, 0.4) is 0 Å². The van der Waals surface area contributed by atoms with E-state index in [4.69, 9.17) is 0 Å². The maximum absolute atomic E-state index is 14.4. The van der Waals surface area contributed by atoms with Crippen LogP contribution in [0.5, 0.6) is 0 Å². The van der Waals surface area contributed by atoms with E-state index < -0.39 is 23.5 Å². The van der Waals surface area contributed by atoms with Gasteiger partial charge in [-0.15, -0.1) is 12.4 Å². The average Bonchev–Trinajstić information content (AvgIpc) is 3.44. The molecule has 0 spiro atoms. The molecule has 0 saturated carbocycles. The fourth-order valence-corrected chi connectivity index (χ4v) is 5.32. The predicted octanol–water partition coefficient (Wildman–Crippen LogP) is 3.80. The highest BCUT2D eigenvalue weighted by Crippen LogP contribution is 2.39. The van der Waals surface area contributed by atoms with E-state index in [1.54, 1.807) is 42.5 Å². The summed E-state index contributed by atoms with van der Waals surface area (Å²) in [4.78, 5) is 41.2. The molecule has 194 valence electrons. The Kier molecular flexibility index (Phi) is 6.83. The molecule has 1 atom stereocenters. The Morgan fingerprint density at radius 3 is 2.42 bits per heavy atom. The summed E-state index contributed by atoms with van der Waals surface area (Å²) in [5, 5.41) is 11.0. The zero-order chi connectivity index (χ0) is 25.7. The van der Waals surface area contributed by atoms with Crippen LogP contribution in [0.2, 0.25) is 0 Å². The standard InChI is InChI=1S/C28H24FN5O3.ClH/c1-16(33-13-11-30-12-14-33)23-20(9-10-21-24(23)27(36)31-26(21)35)25-19-8-7-18(29)15-22(19)34(32-25)28(37)17-5-3-2-4-6-17;/h2-10,15-16,30H,11-14H2,1H3,(H,31,35,36);1H. The Balaban J connectivity index is 0.00000294. The maximum Gasteiger partial charge on any atom is 0.278 e. The lowest BCUT2D eigenvalue weighted by Crippen LogP contribution is -2.44. The van der Waals surface area contributed by atoms with Gasteiger partial charge in [-0.05, 0) is 42.8 Å². The molecule has 4 aromatic rings. The van der Waals surface area contributed by atoms with Gasteiger partial charge in [0, 0.05) is 54.8 Å². The smallest absolute Gasteiger partial charge is 0.278 e. The SMILES string of the molecule is CC(c1c(-c2nn(C(=O)c3ccccc3)c3cc(F)ccc23)ccc2c1C(=O)NC2=O)N1CCNCC1.Cl. The number of hydrogen-bond donors (Lipinski definition) is 2. The van der Waals surface area contributed by atoms with Crippen LogP contribution in [0.25, 0.3) is 22.2 Å². The van der Waals surface area contributed by atoms with Crippen molar-refractivity contribution in [1.29, 1.82) is 0 Å². The van der Waals surface area contributed by atoms with Gasteiger partial charge in [-0.2, -0.15) is 9.78 Å². The number of benzene rings is 3. The molecule has 0 bridgehead atoms. The minimum atomic E-state index is -0.491. The first-order valence-corrected chi connectivity index (χ1v) is 12.2. The van der Waals surface area contributed by atoms with Gasteiger partial charge in [-0.25, -0.2) is 4.39 Å². The van der Waals surface area contributed by atoms with Crippen molar-refractivity contribution in [3.63, 3.8) is 0 Å². The second-order valence-corrected chi connectivity index (χ2v) is 9.29. The van der Waals surface area contributed by atoms with Crippen molar-refractivity contribution in [2.45, 2.75) is 13.0 Å². The monoisotopic (exact) mass is 533 g/mol. The van der Waals surface area contributed by atoms with Crippen molar-refractivity contribution in [2.24, 2.45) is 0 Å². The van der Waals surface area contributed by atoms with Gasteiger partial charge in [0.2, 0.25) is 0 Å². The summed E-state index contributed by atoms with van der Waals surface area (Å²) < 4.78 is 15.6. The molecule has 2 aliphatic heterocycles. The number of fused-ring (bicyclic) bond motifs is 2. The molecule has 1 saturated heterocycles. The number of hydrogen-bond acceptors (Lipinski definition) is 6. The number of carbonyl (C=O) groups excluding carboxylic acids is 3. The highest BCUT2D eigenvalue weighted by molar-refractivity contribution is 6.23. The van der Waals surface area contributed by atoms with Crippen LogP contribution >= 0.6 is 12.4 Å². The molecule has 38 heavy (non-hydrogen) atoms. The highest BCUT2D eigenvalue weighted by Gasteiger charge is 2.35. The normalized spacial score (nSPS) is 16.2. The van der Waals surface area contributed by atoms with Crippen molar-refractivity contribution >= 4 is 41.0 Å². The van der Waals surface area contributed by atoms with Crippen molar-refractivity contribution in [3.8, 4) is 11.3 Å². The molecule has 8 nitrogen and oxygen atoms in total. The molecule has 2 N–H and O–H groups in total. The molecular formula is C28H25ClFN5O3. The van der Waals surface area contributed by atoms with Crippen LogP contribution in [-0.4, -0.2) is 58.6 Å². The first-order chi connectivity index (χ1) is 17.9. The molecule has 1 unspecified atom stereocenters. The van der Waals surface area contributed by atoms with Gasteiger partial charge < -0.3 is 5.32 Å². The number of nitrogens with one attached hydrogen (secondary N) is 2. The van der Waals surface area contributed by atoms with E-state index in [0.29, 0.717) is 44.4 Å². The van der Waals surface area contributed by atoms with Gasteiger partial charge in [0.25, 0.3) is 17.7 Å². The number of aromatic nitrogens is 2. The van der Waals surface area contributed by atoms with Crippen LogP contribution in [0.4, 0.5) is 4.39 Å². The summed E-state index contributed by atoms with van der Waals surface area (Å²) in [6.07, 6.45) is 0. The van der Waals surface area contributed by atoms with Crippen LogP contribution < -0.4 is 10.6 Å². The van der Waals surface area contributed by atoms with Gasteiger partial charge in [0.05, 0.1) is 16.6 Å². The topological polar surface area (TPSA) is 96.3 Å². The summed E-state index contributed by atoms with van der Waals surface area (Å²) >= 11 is 0. The lowest BCUT2D eigenvalue weighted by Gasteiger charge is -2.34. The molecule has 2 aliphatic rings. The van der Waals surface area contributed by atoms with Crippen LogP contribution in [0.15, 0.2) is 60.7 Å². The van der Waals surface area contributed by atoms with Crippen molar-refractivity contribution in [2.75, 3.05) is 26.2 Å². The first kappa shape index (κ1) is 25.7. The van der Waals surface area contributed by atoms with E-state index in [2.05, 4.69) is 20.6 Å². The van der Waals surface area contributed by atoms with E-state index in [9.17, 15) is 18.8 Å². The van der Waals surface area contributed by atoms with E-state index in [-0.39, 0.29) is 18.4 Å². The molecule has 3 aromatic carbocycles. The molecule has 0 radical (unpaired) electrons. The van der Waals surface area contributed by atoms with Crippen LogP contribution in [0.1, 0.15) is 49.6 Å². The van der Waals surface area contributed by atoms with E-state index >= 15 is 0 Å². The minimum Gasteiger partial charge on any atom is -0.314 e. The second-order valence-electron chi connectivity index (χ2n) is 9.29. The summed E-state index contributed by atoms with van der Waals surface area (Å²) in [6, 6.07) is 16.1. The lowest BCUT2D eigenvalue weighted by molar-refractivity contribution is 0.0876. The van der Waals surface area contributed by atoms with Gasteiger partial charge >= 0.3 is 0 Å². The van der Waals surface area contributed by atoms with E-state index in [1.165, 1.54) is 16.8 Å². The van der Waals surface area contributed by atoms with E-state index in [0.717, 1.165) is 26.2 Å². The van der Waals surface area contributed by atoms with Gasteiger partial charge in [0.15, 0.2) is 0 Å². The molecular weight excluding hydrogens is 509 g/mol. The third-order valence-electron chi connectivity index (χ3n) is 7.17. The van der Waals surface area contributed by atoms with Gasteiger partial charge in [0.1, 0.15) is 11.5 Å². The zero-order valence-electron chi connectivity index (χ0n) is 20.5. The maximum atomic E-state index is 14.4. The fraction of sp³-hybridized carbons (Fsp3) is 0.214. The Hall–Kier alpha value is -3.92. The molecule has 1 aromatic heterocycles. The number of imide groups is 1. The predicted molar refractivity (Wildman–Crippen MR) is 143 cm³/mol. The van der Waals surface area contributed by atoms with Crippen LogP contribution in [0, 0.1) is 5.82 Å². The number of carbonyl (C=O) groups is 3. The number of rotatable bonds is 4. The number of nitrogens with zero attached hydrogens (tertiary/aromatic N) is 3. The minimum absolute atomic E-state index is 0. The van der Waals surface area contributed by atoms with Crippen molar-refractivity contribution in [1.82, 2.24) is 25.3 Å². The quantitative estimate of drug-likeness (QED) is 0.387. The fourth-order valence-electron chi connectivity index (χ4n) is 5.32. The Morgan fingerprint density at radius 1 is 0.974 bits per heavy atom. The van der Waals surface area contributed by atoms with E-state index in [1.807, 2.05) is 13.0 Å². The molecule has 3 heterocycles. The lowest BCUT2D eigenvalue weighted by atomic mass is 9.89. The molecule has 1 fully saturated rings. The van der Waals surface area contributed by atoms with Crippen LogP contribution in [-0.2, 0) is 0 Å². The van der Waals surface area contributed by atoms with Gasteiger partial charge in [-0.1, -0.05) is 24.3 Å². The number of halogens is 2. The zero-order valence-corrected chi connectivity index (χ0v) is 21.3. The van der Waals surface area contributed by atoms with Gasteiger partial charge in [-0.3, -0.25) is 24.6 Å². The third-order valence-corrected chi connectivity index (χ3v) is 7.17. The molecule has 6 rings (SSSR count). The van der Waals surface area contributed by atoms with Crippen molar-refractivity contribution in [3.05, 3.63) is 88.7 Å². The first-order valence-electron chi connectivity index (χ1n) is 12.2. The molecule has 2 amide bonds. The number of piperazine rings is 1. The second kappa shape index (κ2) is 10.1. The highest BCUT2D eigenvalue weighted by atomic mass is 35.5. The summed E-state index contributed by atoms with van der Waals surface area (Å²) in [6.45, 7) is 5.17. The molecule has 10 heteroatoms.